The van der Waals surface area contributed by atoms with Gasteiger partial charge in [-0.1, -0.05) is 18.2 Å². The van der Waals surface area contributed by atoms with Gasteiger partial charge in [0.15, 0.2) is 5.96 Å². The first-order chi connectivity index (χ1) is 12.1. The molecule has 0 spiro atoms. The van der Waals surface area contributed by atoms with Crippen molar-refractivity contribution in [1.29, 1.82) is 0 Å². The number of piperidine rings is 1. The second-order valence-corrected chi connectivity index (χ2v) is 7.79. The standard InChI is InChI=1S/C18H28N4O2S/c1-2-20-18(22-11-6-7-15(14-22)13-17(19)23)21-10-12-25(24)16-8-4-3-5-9-16/h3-5,8-9,15H,2,6-7,10-14H2,1H3,(H2,19,23)(H,20,21). The average Bonchev–Trinajstić information content (AvgIpc) is 2.61. The molecule has 0 aromatic heterocycles. The van der Waals surface area contributed by atoms with Crippen molar-refractivity contribution in [3.05, 3.63) is 30.3 Å². The molecule has 1 aliphatic heterocycles. The molecule has 1 amide bonds. The van der Waals surface area contributed by atoms with E-state index in [0.717, 1.165) is 43.3 Å². The fraction of sp³-hybridized carbons (Fsp3) is 0.556. The second-order valence-electron chi connectivity index (χ2n) is 6.22. The summed E-state index contributed by atoms with van der Waals surface area (Å²) < 4.78 is 12.3. The van der Waals surface area contributed by atoms with Crippen LogP contribution in [0.2, 0.25) is 0 Å². The monoisotopic (exact) mass is 364 g/mol. The molecule has 1 saturated heterocycles. The number of guanidine groups is 1. The van der Waals surface area contributed by atoms with Gasteiger partial charge in [0.05, 0.1) is 17.3 Å². The van der Waals surface area contributed by atoms with Gasteiger partial charge in [0.25, 0.3) is 0 Å². The summed E-state index contributed by atoms with van der Waals surface area (Å²) >= 11 is 0. The van der Waals surface area contributed by atoms with Gasteiger partial charge >= 0.3 is 0 Å². The molecule has 1 fully saturated rings. The summed E-state index contributed by atoms with van der Waals surface area (Å²) in [7, 11) is -1.04. The van der Waals surface area contributed by atoms with Crippen LogP contribution in [-0.4, -0.2) is 52.9 Å². The van der Waals surface area contributed by atoms with Crippen LogP contribution in [0.3, 0.4) is 0 Å². The minimum absolute atomic E-state index is 0.243. The molecule has 6 nitrogen and oxygen atoms in total. The molecule has 0 bridgehead atoms. The number of likely N-dealkylation sites (tertiary alicyclic amines) is 1. The molecule has 0 radical (unpaired) electrons. The Morgan fingerprint density at radius 1 is 1.40 bits per heavy atom. The van der Waals surface area contributed by atoms with E-state index in [1.807, 2.05) is 37.3 Å². The topological polar surface area (TPSA) is 87.8 Å². The van der Waals surface area contributed by atoms with Gasteiger partial charge in [0, 0.05) is 36.7 Å². The van der Waals surface area contributed by atoms with Crippen LogP contribution in [0.4, 0.5) is 0 Å². The molecule has 0 aliphatic carbocycles. The third kappa shape index (κ3) is 6.49. The number of nitrogens with two attached hydrogens (primary N) is 1. The van der Waals surface area contributed by atoms with Crippen molar-refractivity contribution in [1.82, 2.24) is 10.2 Å². The summed E-state index contributed by atoms with van der Waals surface area (Å²) in [5.41, 5.74) is 5.34. The van der Waals surface area contributed by atoms with E-state index in [1.54, 1.807) is 0 Å². The minimum Gasteiger partial charge on any atom is -0.370 e. The van der Waals surface area contributed by atoms with E-state index in [9.17, 15) is 9.00 Å². The van der Waals surface area contributed by atoms with Crippen molar-refractivity contribution in [2.45, 2.75) is 31.1 Å². The molecule has 1 aromatic rings. The predicted octanol–water partition coefficient (Wildman–Crippen LogP) is 1.35. The predicted molar refractivity (Wildman–Crippen MR) is 102 cm³/mol. The van der Waals surface area contributed by atoms with Gasteiger partial charge in [-0.25, -0.2) is 0 Å². The van der Waals surface area contributed by atoms with Crippen LogP contribution in [0.1, 0.15) is 26.2 Å². The van der Waals surface area contributed by atoms with E-state index in [1.165, 1.54) is 0 Å². The summed E-state index contributed by atoms with van der Waals surface area (Å²) in [5.74, 6) is 1.37. The van der Waals surface area contributed by atoms with Crippen LogP contribution in [0, 0.1) is 5.92 Å². The maximum absolute atomic E-state index is 12.3. The first kappa shape index (κ1) is 19.4. The first-order valence-corrected chi connectivity index (χ1v) is 10.2. The molecule has 2 rings (SSSR count). The molecule has 25 heavy (non-hydrogen) atoms. The number of nitrogens with one attached hydrogen (secondary N) is 1. The fourth-order valence-corrected chi connectivity index (χ4v) is 4.01. The highest BCUT2D eigenvalue weighted by molar-refractivity contribution is 7.85. The van der Waals surface area contributed by atoms with Crippen molar-refractivity contribution in [2.75, 3.05) is 31.9 Å². The Hall–Kier alpha value is -1.89. The van der Waals surface area contributed by atoms with Crippen molar-refractivity contribution in [3.63, 3.8) is 0 Å². The van der Waals surface area contributed by atoms with Crippen LogP contribution >= 0.6 is 0 Å². The summed E-state index contributed by atoms with van der Waals surface area (Å²) in [6.07, 6.45) is 2.48. The third-order valence-electron chi connectivity index (χ3n) is 4.19. The van der Waals surface area contributed by atoms with Gasteiger partial charge in [0.1, 0.15) is 0 Å². The van der Waals surface area contributed by atoms with E-state index in [2.05, 4.69) is 15.2 Å². The van der Waals surface area contributed by atoms with Gasteiger partial charge in [-0.05, 0) is 37.8 Å². The lowest BCUT2D eigenvalue weighted by Gasteiger charge is -2.34. The van der Waals surface area contributed by atoms with E-state index in [4.69, 9.17) is 5.73 Å². The molecule has 2 atom stereocenters. The molecule has 1 heterocycles. The van der Waals surface area contributed by atoms with Gasteiger partial charge in [-0.3, -0.25) is 14.0 Å². The Bertz CT molecular complexity index is 606. The Balaban J connectivity index is 1.93. The van der Waals surface area contributed by atoms with E-state index < -0.39 is 10.8 Å². The average molecular weight is 365 g/mol. The molecule has 0 saturated carbocycles. The van der Waals surface area contributed by atoms with E-state index >= 15 is 0 Å². The number of carbonyl (C=O) groups excluding carboxylic acids is 1. The molecule has 138 valence electrons. The second kappa shape index (κ2) is 10.2. The summed E-state index contributed by atoms with van der Waals surface area (Å²) in [6.45, 7) is 5.01. The summed E-state index contributed by atoms with van der Waals surface area (Å²) in [4.78, 5) is 18.8. The smallest absolute Gasteiger partial charge is 0.217 e. The van der Waals surface area contributed by atoms with Gasteiger partial charge in [-0.15, -0.1) is 0 Å². The van der Waals surface area contributed by atoms with Gasteiger partial charge in [0.2, 0.25) is 5.91 Å². The number of amides is 1. The lowest BCUT2D eigenvalue weighted by atomic mass is 9.95. The van der Waals surface area contributed by atoms with Crippen molar-refractivity contribution >= 4 is 22.7 Å². The maximum Gasteiger partial charge on any atom is 0.217 e. The fourth-order valence-electron chi connectivity index (χ4n) is 3.06. The first-order valence-electron chi connectivity index (χ1n) is 8.85. The van der Waals surface area contributed by atoms with E-state index in [0.29, 0.717) is 18.7 Å². The van der Waals surface area contributed by atoms with Crippen LogP contribution in [0.5, 0.6) is 0 Å². The molecular formula is C18H28N4O2S. The van der Waals surface area contributed by atoms with Crippen LogP contribution in [-0.2, 0) is 15.6 Å². The highest BCUT2D eigenvalue weighted by Crippen LogP contribution is 2.19. The Morgan fingerprint density at radius 3 is 2.84 bits per heavy atom. The van der Waals surface area contributed by atoms with Crippen molar-refractivity contribution in [2.24, 2.45) is 16.6 Å². The number of aliphatic imine (C=N–C) groups is 1. The number of benzene rings is 1. The van der Waals surface area contributed by atoms with Crippen molar-refractivity contribution < 1.29 is 9.00 Å². The Kier molecular flexibility index (Phi) is 7.91. The zero-order valence-corrected chi connectivity index (χ0v) is 15.6. The quantitative estimate of drug-likeness (QED) is 0.565. The highest BCUT2D eigenvalue weighted by Gasteiger charge is 2.23. The normalized spacial score (nSPS) is 19.5. The van der Waals surface area contributed by atoms with Crippen LogP contribution in [0.15, 0.2) is 40.2 Å². The number of primary amides is 1. The minimum atomic E-state index is -1.04. The van der Waals surface area contributed by atoms with Crippen LogP contribution in [0.25, 0.3) is 0 Å². The zero-order valence-electron chi connectivity index (χ0n) is 14.8. The summed E-state index contributed by atoms with van der Waals surface area (Å²) in [6, 6.07) is 9.47. The number of carbonyl (C=O) groups is 1. The Labute approximate surface area is 152 Å². The number of hydrogen-bond acceptors (Lipinski definition) is 3. The molecule has 2 unspecified atom stereocenters. The molecule has 7 heteroatoms. The summed E-state index contributed by atoms with van der Waals surface area (Å²) in [5, 5.41) is 3.30. The Morgan fingerprint density at radius 2 is 2.16 bits per heavy atom. The number of hydrogen-bond donors (Lipinski definition) is 2. The molecule has 1 aliphatic rings. The van der Waals surface area contributed by atoms with Gasteiger partial charge in [-0.2, -0.15) is 0 Å². The molecular weight excluding hydrogens is 336 g/mol. The lowest BCUT2D eigenvalue weighted by Crippen LogP contribution is -2.47. The molecule has 1 aromatic carbocycles. The van der Waals surface area contributed by atoms with Crippen molar-refractivity contribution in [3.8, 4) is 0 Å². The largest absolute Gasteiger partial charge is 0.370 e. The lowest BCUT2D eigenvalue weighted by molar-refractivity contribution is -0.119. The number of nitrogens with zero attached hydrogens (tertiary/aromatic N) is 2. The van der Waals surface area contributed by atoms with E-state index in [-0.39, 0.29) is 11.8 Å². The maximum atomic E-state index is 12.3. The highest BCUT2D eigenvalue weighted by atomic mass is 32.2. The SMILES string of the molecule is CCNC(=NCCS(=O)c1ccccc1)N1CCCC(CC(N)=O)C1. The zero-order chi connectivity index (χ0) is 18.1. The number of rotatable bonds is 7. The molecule has 3 N–H and O–H groups in total. The third-order valence-corrected chi connectivity index (χ3v) is 5.54. The van der Waals surface area contributed by atoms with Crippen LogP contribution < -0.4 is 11.1 Å². The van der Waals surface area contributed by atoms with Gasteiger partial charge < -0.3 is 16.0 Å².